The first kappa shape index (κ1) is 15.8. The summed E-state index contributed by atoms with van der Waals surface area (Å²) in [6, 6.07) is 0. The van der Waals surface area contributed by atoms with Crippen molar-refractivity contribution in [1.82, 2.24) is 0 Å². The molecule has 0 unspecified atom stereocenters. The van der Waals surface area contributed by atoms with E-state index in [9.17, 15) is 14.3 Å². The van der Waals surface area contributed by atoms with E-state index in [1.807, 2.05) is 6.08 Å². The first-order chi connectivity index (χ1) is 10.8. The Kier molecular flexibility index (Phi) is 3.37. The maximum Gasteiger partial charge on any atom is 0.155 e. The van der Waals surface area contributed by atoms with Crippen molar-refractivity contribution in [2.24, 2.45) is 35.0 Å². The van der Waals surface area contributed by atoms with E-state index >= 15 is 0 Å². The van der Waals surface area contributed by atoms with Gasteiger partial charge in [0.05, 0.1) is 5.60 Å². The molecule has 0 aliphatic heterocycles. The van der Waals surface area contributed by atoms with Crippen molar-refractivity contribution in [3.63, 3.8) is 0 Å². The zero-order valence-electron chi connectivity index (χ0n) is 14.5. The standard InChI is InChI=1S/C20H29FO2/c1-11-8-12-9-13(22)4-5-14(12)15-6-7-19(2)16(18(11)15)10-17(21)20(19,3)23/h9,11,14-18,23H,4-8,10H2,1-3H3/t11-,14+,15-,16+,17+,18-,19+,20+/m1/s1. The van der Waals surface area contributed by atoms with E-state index in [2.05, 4.69) is 13.8 Å². The van der Waals surface area contributed by atoms with Gasteiger partial charge in [0.15, 0.2) is 5.78 Å². The van der Waals surface area contributed by atoms with Gasteiger partial charge in [0.1, 0.15) is 6.17 Å². The summed E-state index contributed by atoms with van der Waals surface area (Å²) in [6.45, 7) is 6.12. The molecule has 23 heavy (non-hydrogen) atoms. The summed E-state index contributed by atoms with van der Waals surface area (Å²) in [5.41, 5.74) is -0.130. The molecule has 4 rings (SSSR count). The molecule has 0 aromatic rings. The first-order valence-electron chi connectivity index (χ1n) is 9.35. The third-order valence-corrected chi connectivity index (χ3v) is 8.26. The van der Waals surface area contributed by atoms with Gasteiger partial charge in [-0.3, -0.25) is 4.79 Å². The zero-order valence-corrected chi connectivity index (χ0v) is 14.5. The Balaban J connectivity index is 1.71. The summed E-state index contributed by atoms with van der Waals surface area (Å²) >= 11 is 0. The molecule has 0 bridgehead atoms. The number of ketones is 1. The second-order valence-corrected chi connectivity index (χ2v) is 9.17. The van der Waals surface area contributed by atoms with E-state index in [4.69, 9.17) is 0 Å². The fraction of sp³-hybridized carbons (Fsp3) is 0.850. The number of hydrogen-bond acceptors (Lipinski definition) is 2. The molecule has 4 aliphatic carbocycles. The number of rotatable bonds is 0. The van der Waals surface area contributed by atoms with Gasteiger partial charge in [0, 0.05) is 11.8 Å². The van der Waals surface area contributed by atoms with Gasteiger partial charge < -0.3 is 5.11 Å². The normalized spacial score (nSPS) is 55.7. The summed E-state index contributed by atoms with van der Waals surface area (Å²) in [5, 5.41) is 10.8. The molecule has 0 radical (unpaired) electrons. The fourth-order valence-corrected chi connectivity index (χ4v) is 6.79. The smallest absolute Gasteiger partial charge is 0.155 e. The van der Waals surface area contributed by atoms with Crippen LogP contribution in [0.3, 0.4) is 0 Å². The highest BCUT2D eigenvalue weighted by Gasteiger charge is 2.65. The van der Waals surface area contributed by atoms with Crippen LogP contribution in [0.4, 0.5) is 4.39 Å². The van der Waals surface area contributed by atoms with Crippen LogP contribution in [0.1, 0.15) is 59.3 Å². The highest BCUT2D eigenvalue weighted by atomic mass is 19.1. The second kappa shape index (κ2) is 4.91. The Hall–Kier alpha value is -0.700. The Bertz CT molecular complexity index is 566. The average molecular weight is 320 g/mol. The van der Waals surface area contributed by atoms with Crippen LogP contribution >= 0.6 is 0 Å². The molecule has 128 valence electrons. The topological polar surface area (TPSA) is 37.3 Å². The third kappa shape index (κ3) is 1.98. The van der Waals surface area contributed by atoms with Gasteiger partial charge in [0.2, 0.25) is 0 Å². The summed E-state index contributed by atoms with van der Waals surface area (Å²) in [4.78, 5) is 11.8. The predicted molar refractivity (Wildman–Crippen MR) is 87.5 cm³/mol. The number of hydrogen-bond donors (Lipinski definition) is 1. The Morgan fingerprint density at radius 1 is 1.30 bits per heavy atom. The van der Waals surface area contributed by atoms with Crippen LogP contribution < -0.4 is 0 Å². The molecular weight excluding hydrogens is 291 g/mol. The van der Waals surface area contributed by atoms with E-state index < -0.39 is 11.8 Å². The first-order valence-corrected chi connectivity index (χ1v) is 9.35. The van der Waals surface area contributed by atoms with Crippen LogP contribution in [-0.4, -0.2) is 22.7 Å². The highest BCUT2D eigenvalue weighted by Crippen LogP contribution is 2.66. The second-order valence-electron chi connectivity index (χ2n) is 9.17. The summed E-state index contributed by atoms with van der Waals surface area (Å²) in [6.07, 6.45) is 5.96. The average Bonchev–Trinajstić information content (AvgIpc) is 2.66. The van der Waals surface area contributed by atoms with Crippen LogP contribution in [0.15, 0.2) is 11.6 Å². The molecule has 0 heterocycles. The number of halogens is 1. The lowest BCUT2D eigenvalue weighted by molar-refractivity contribution is -0.132. The maximum absolute atomic E-state index is 14.6. The molecule has 0 saturated heterocycles. The van der Waals surface area contributed by atoms with Crippen molar-refractivity contribution >= 4 is 5.78 Å². The van der Waals surface area contributed by atoms with Crippen molar-refractivity contribution in [2.45, 2.75) is 71.1 Å². The molecule has 4 aliphatic rings. The summed E-state index contributed by atoms with van der Waals surface area (Å²) in [5.74, 6) is 2.66. The van der Waals surface area contributed by atoms with Gasteiger partial charge in [-0.25, -0.2) is 4.39 Å². The third-order valence-electron chi connectivity index (χ3n) is 8.26. The minimum absolute atomic E-state index is 0.278. The van der Waals surface area contributed by atoms with Gasteiger partial charge in [-0.2, -0.15) is 0 Å². The van der Waals surface area contributed by atoms with Crippen LogP contribution in [0, 0.1) is 35.0 Å². The number of allylic oxidation sites excluding steroid dienone is 1. The molecule has 3 fully saturated rings. The molecule has 2 nitrogen and oxygen atoms in total. The molecule has 1 N–H and O–H groups in total. The van der Waals surface area contributed by atoms with Crippen LogP contribution in [0.25, 0.3) is 0 Å². The number of carbonyl (C=O) groups is 1. The highest BCUT2D eigenvalue weighted by molar-refractivity contribution is 5.91. The quantitative estimate of drug-likeness (QED) is 0.730. The Morgan fingerprint density at radius 3 is 2.78 bits per heavy atom. The molecule has 8 atom stereocenters. The van der Waals surface area contributed by atoms with Crippen LogP contribution in [-0.2, 0) is 4.79 Å². The largest absolute Gasteiger partial charge is 0.387 e. The molecule has 0 aromatic heterocycles. The van der Waals surface area contributed by atoms with Gasteiger partial charge in [-0.05, 0) is 74.7 Å². The molecule has 3 saturated carbocycles. The fourth-order valence-electron chi connectivity index (χ4n) is 6.79. The van der Waals surface area contributed by atoms with Gasteiger partial charge >= 0.3 is 0 Å². The minimum Gasteiger partial charge on any atom is -0.387 e. The number of aliphatic hydroxyl groups is 1. The van der Waals surface area contributed by atoms with Gasteiger partial charge in [-0.15, -0.1) is 0 Å². The van der Waals surface area contributed by atoms with Crippen LogP contribution in [0.2, 0.25) is 0 Å². The van der Waals surface area contributed by atoms with Crippen molar-refractivity contribution < 1.29 is 14.3 Å². The van der Waals surface area contributed by atoms with E-state index in [1.165, 1.54) is 5.57 Å². The monoisotopic (exact) mass is 320 g/mol. The predicted octanol–water partition coefficient (Wildman–Crippen LogP) is 4.07. The lowest BCUT2D eigenvalue weighted by Gasteiger charge is -2.57. The van der Waals surface area contributed by atoms with Crippen molar-refractivity contribution in [2.75, 3.05) is 0 Å². The molecule has 0 amide bonds. The lowest BCUT2D eigenvalue weighted by Crippen LogP contribution is -2.54. The SMILES string of the molecule is C[C@@H]1CC2=CC(=O)CC[C@@H]2[C@H]2CC[C@@]3(C)[C@@H](C[C@H](F)[C@]3(C)O)[C@@H]21. The lowest BCUT2D eigenvalue weighted by atomic mass is 9.48. The van der Waals surface area contributed by atoms with Crippen molar-refractivity contribution in [3.05, 3.63) is 11.6 Å². The summed E-state index contributed by atoms with van der Waals surface area (Å²) < 4.78 is 14.6. The molecule has 0 spiro atoms. The van der Waals surface area contributed by atoms with Gasteiger partial charge in [0.25, 0.3) is 0 Å². The zero-order chi connectivity index (χ0) is 16.6. The molecular formula is C20H29FO2. The van der Waals surface area contributed by atoms with Crippen molar-refractivity contribution in [3.8, 4) is 0 Å². The summed E-state index contributed by atoms with van der Waals surface area (Å²) in [7, 11) is 0. The maximum atomic E-state index is 14.6. The number of alkyl halides is 1. The van der Waals surface area contributed by atoms with Gasteiger partial charge in [-0.1, -0.05) is 19.4 Å². The minimum atomic E-state index is -1.19. The molecule has 0 aromatic carbocycles. The van der Waals surface area contributed by atoms with E-state index in [0.717, 1.165) is 25.7 Å². The van der Waals surface area contributed by atoms with Crippen LogP contribution in [0.5, 0.6) is 0 Å². The number of carbonyl (C=O) groups excluding carboxylic acids is 1. The van der Waals surface area contributed by atoms with E-state index in [0.29, 0.717) is 36.5 Å². The van der Waals surface area contributed by atoms with E-state index in [-0.39, 0.29) is 17.1 Å². The Morgan fingerprint density at radius 2 is 2.04 bits per heavy atom. The Labute approximate surface area is 138 Å². The number of fused-ring (bicyclic) bond motifs is 5. The van der Waals surface area contributed by atoms with E-state index in [1.54, 1.807) is 6.92 Å². The van der Waals surface area contributed by atoms with Crippen molar-refractivity contribution in [1.29, 1.82) is 0 Å². The molecule has 3 heteroatoms.